The van der Waals surface area contributed by atoms with E-state index in [0.29, 0.717) is 5.02 Å². The van der Waals surface area contributed by atoms with Gasteiger partial charge in [-0.3, -0.25) is 9.78 Å². The number of amides is 1. The molecule has 1 aromatic heterocycles. The Morgan fingerprint density at radius 2 is 1.83 bits per heavy atom. The van der Waals surface area contributed by atoms with Crippen LogP contribution in [0.1, 0.15) is 21.5 Å². The maximum atomic E-state index is 12.8. The Labute approximate surface area is 180 Å². The molecule has 0 fully saturated rings. The molecule has 156 valence electrons. The second-order valence-electron chi connectivity index (χ2n) is 6.36. The van der Waals surface area contributed by atoms with Crippen LogP contribution in [0.3, 0.4) is 0 Å². The first kappa shape index (κ1) is 21.8. The number of ether oxygens (including phenoxy) is 1. The number of sulfonamides is 1. The van der Waals surface area contributed by atoms with Gasteiger partial charge in [-0.1, -0.05) is 29.8 Å². The third-order valence-corrected chi connectivity index (χ3v) is 5.95. The van der Waals surface area contributed by atoms with Crippen LogP contribution in [0, 0.1) is 0 Å². The Kier molecular flexibility index (Phi) is 7.04. The predicted octanol–water partition coefficient (Wildman–Crippen LogP) is 3.15. The number of rotatable bonds is 8. The van der Waals surface area contributed by atoms with Gasteiger partial charge in [0.2, 0.25) is 10.0 Å². The van der Waals surface area contributed by atoms with E-state index in [0.717, 1.165) is 11.1 Å². The minimum atomic E-state index is -3.93. The van der Waals surface area contributed by atoms with Crippen molar-refractivity contribution in [2.45, 2.75) is 18.0 Å². The van der Waals surface area contributed by atoms with Gasteiger partial charge >= 0.3 is 0 Å². The molecule has 0 aliphatic heterocycles. The van der Waals surface area contributed by atoms with Crippen molar-refractivity contribution in [3.63, 3.8) is 0 Å². The van der Waals surface area contributed by atoms with Crippen molar-refractivity contribution in [3.05, 3.63) is 88.7 Å². The Morgan fingerprint density at radius 3 is 2.50 bits per heavy atom. The smallest absolute Gasteiger partial charge is 0.251 e. The normalized spacial score (nSPS) is 11.1. The standard InChI is InChI=1S/C21H20ClN3O4S/c1-29-19-9-6-17(21(26)24-13-16-3-2-10-23-12-16)11-20(19)30(27,28)25-14-15-4-7-18(22)8-5-15/h2-12,25H,13-14H2,1H3,(H,24,26). The molecule has 0 atom stereocenters. The molecule has 0 saturated carbocycles. The van der Waals surface area contributed by atoms with Crippen LogP contribution in [0.25, 0.3) is 0 Å². The van der Waals surface area contributed by atoms with Crippen molar-refractivity contribution in [1.82, 2.24) is 15.0 Å². The van der Waals surface area contributed by atoms with Crippen LogP contribution in [-0.4, -0.2) is 26.4 Å². The van der Waals surface area contributed by atoms with E-state index in [1.807, 2.05) is 6.07 Å². The second kappa shape index (κ2) is 9.71. The molecule has 3 rings (SSSR count). The van der Waals surface area contributed by atoms with Crippen LogP contribution in [0.5, 0.6) is 5.75 Å². The zero-order chi connectivity index (χ0) is 21.6. The van der Waals surface area contributed by atoms with E-state index < -0.39 is 15.9 Å². The number of halogens is 1. The summed E-state index contributed by atoms with van der Waals surface area (Å²) in [6.45, 7) is 0.343. The summed E-state index contributed by atoms with van der Waals surface area (Å²) in [5.41, 5.74) is 1.77. The molecule has 0 unspecified atom stereocenters. The number of nitrogens with zero attached hydrogens (tertiary/aromatic N) is 1. The first-order valence-electron chi connectivity index (χ1n) is 8.98. The van der Waals surface area contributed by atoms with Crippen LogP contribution < -0.4 is 14.8 Å². The van der Waals surface area contributed by atoms with Crippen molar-refractivity contribution in [2.24, 2.45) is 0 Å². The zero-order valence-electron chi connectivity index (χ0n) is 16.1. The fourth-order valence-corrected chi connectivity index (χ4v) is 4.01. The van der Waals surface area contributed by atoms with E-state index in [-0.39, 0.29) is 29.3 Å². The topological polar surface area (TPSA) is 97.4 Å². The molecule has 1 amide bonds. The molecule has 30 heavy (non-hydrogen) atoms. The van der Waals surface area contributed by atoms with Crippen LogP contribution in [-0.2, 0) is 23.1 Å². The molecule has 0 aliphatic carbocycles. The number of pyridine rings is 1. The summed E-state index contributed by atoms with van der Waals surface area (Å²) < 4.78 is 33.4. The van der Waals surface area contributed by atoms with Gasteiger partial charge in [-0.2, -0.15) is 0 Å². The summed E-state index contributed by atoms with van der Waals surface area (Å²) in [6, 6.07) is 14.7. The predicted molar refractivity (Wildman–Crippen MR) is 114 cm³/mol. The monoisotopic (exact) mass is 445 g/mol. The Hall–Kier alpha value is -2.94. The molecule has 9 heteroatoms. The molecule has 1 heterocycles. The molecule has 2 N–H and O–H groups in total. The quantitative estimate of drug-likeness (QED) is 0.555. The third-order valence-electron chi connectivity index (χ3n) is 4.27. The van der Waals surface area contributed by atoms with Crippen molar-refractivity contribution in [3.8, 4) is 5.75 Å². The summed E-state index contributed by atoms with van der Waals surface area (Å²) in [5, 5.41) is 3.31. The third kappa shape index (κ3) is 5.56. The molecule has 0 radical (unpaired) electrons. The van der Waals surface area contributed by atoms with E-state index in [4.69, 9.17) is 16.3 Å². The molecule has 0 aliphatic rings. The van der Waals surface area contributed by atoms with Gasteiger partial charge in [0, 0.05) is 36.1 Å². The first-order chi connectivity index (χ1) is 14.4. The lowest BCUT2D eigenvalue weighted by atomic mass is 10.2. The highest BCUT2D eigenvalue weighted by Gasteiger charge is 2.21. The van der Waals surface area contributed by atoms with Gasteiger partial charge in [-0.25, -0.2) is 13.1 Å². The lowest BCUT2D eigenvalue weighted by molar-refractivity contribution is 0.0950. The molecule has 0 saturated heterocycles. The van der Waals surface area contributed by atoms with Gasteiger partial charge in [-0.05, 0) is 47.5 Å². The summed E-state index contributed by atoms with van der Waals surface area (Å²) in [6.07, 6.45) is 3.29. The van der Waals surface area contributed by atoms with Crippen molar-refractivity contribution in [1.29, 1.82) is 0 Å². The van der Waals surface area contributed by atoms with Gasteiger partial charge in [-0.15, -0.1) is 0 Å². The molecule has 7 nitrogen and oxygen atoms in total. The van der Waals surface area contributed by atoms with Crippen molar-refractivity contribution >= 4 is 27.5 Å². The van der Waals surface area contributed by atoms with Gasteiger partial charge in [0.15, 0.2) is 0 Å². The average molecular weight is 446 g/mol. The summed E-state index contributed by atoms with van der Waals surface area (Å²) in [7, 11) is -2.56. The maximum Gasteiger partial charge on any atom is 0.251 e. The molecule has 0 spiro atoms. The van der Waals surface area contributed by atoms with Crippen molar-refractivity contribution in [2.75, 3.05) is 7.11 Å². The first-order valence-corrected chi connectivity index (χ1v) is 10.8. The Bertz CT molecular complexity index is 1120. The van der Waals surface area contributed by atoms with Gasteiger partial charge in [0.1, 0.15) is 10.6 Å². The van der Waals surface area contributed by atoms with Crippen LogP contribution in [0.4, 0.5) is 0 Å². The van der Waals surface area contributed by atoms with Gasteiger partial charge in [0.25, 0.3) is 5.91 Å². The largest absolute Gasteiger partial charge is 0.495 e. The van der Waals surface area contributed by atoms with E-state index in [9.17, 15) is 13.2 Å². The van der Waals surface area contributed by atoms with E-state index >= 15 is 0 Å². The second-order valence-corrected chi connectivity index (χ2v) is 8.53. The number of hydrogen-bond donors (Lipinski definition) is 2. The lowest BCUT2D eigenvalue weighted by Gasteiger charge is -2.13. The number of benzene rings is 2. The highest BCUT2D eigenvalue weighted by molar-refractivity contribution is 7.89. The number of methoxy groups -OCH3 is 1. The molecule has 0 bridgehead atoms. The summed E-state index contributed by atoms with van der Waals surface area (Å²) >= 11 is 5.85. The molecular formula is C21H20ClN3O4S. The highest BCUT2D eigenvalue weighted by Crippen LogP contribution is 2.25. The number of carbonyl (C=O) groups is 1. The average Bonchev–Trinajstić information content (AvgIpc) is 2.77. The number of carbonyl (C=O) groups excluding carboxylic acids is 1. The van der Waals surface area contributed by atoms with E-state index in [1.165, 1.54) is 25.3 Å². The van der Waals surface area contributed by atoms with Gasteiger partial charge in [0.05, 0.1) is 7.11 Å². The van der Waals surface area contributed by atoms with Crippen LogP contribution >= 0.6 is 11.6 Å². The van der Waals surface area contributed by atoms with Crippen molar-refractivity contribution < 1.29 is 17.9 Å². The highest BCUT2D eigenvalue weighted by atomic mass is 35.5. The maximum absolute atomic E-state index is 12.8. The molecular weight excluding hydrogens is 426 g/mol. The number of aromatic nitrogens is 1. The Balaban J connectivity index is 1.77. The fraction of sp³-hybridized carbons (Fsp3) is 0.143. The minimum Gasteiger partial charge on any atom is -0.495 e. The molecule has 3 aromatic rings. The molecule has 2 aromatic carbocycles. The zero-order valence-corrected chi connectivity index (χ0v) is 17.7. The fourth-order valence-electron chi connectivity index (χ4n) is 2.67. The van der Waals surface area contributed by atoms with Gasteiger partial charge < -0.3 is 10.1 Å². The number of hydrogen-bond acceptors (Lipinski definition) is 5. The summed E-state index contributed by atoms with van der Waals surface area (Å²) in [5.74, 6) is -0.266. The SMILES string of the molecule is COc1ccc(C(=O)NCc2cccnc2)cc1S(=O)(=O)NCc1ccc(Cl)cc1. The van der Waals surface area contributed by atoms with Crippen LogP contribution in [0.2, 0.25) is 5.02 Å². The summed E-state index contributed by atoms with van der Waals surface area (Å²) in [4.78, 5) is 16.4. The van der Waals surface area contributed by atoms with Crippen LogP contribution in [0.15, 0.2) is 71.9 Å². The lowest BCUT2D eigenvalue weighted by Crippen LogP contribution is -2.26. The van der Waals surface area contributed by atoms with E-state index in [2.05, 4.69) is 15.0 Å². The Morgan fingerprint density at radius 1 is 1.07 bits per heavy atom. The number of nitrogens with one attached hydrogen (secondary N) is 2. The van der Waals surface area contributed by atoms with E-state index in [1.54, 1.807) is 42.7 Å². The minimum absolute atomic E-state index is 0.0695.